The lowest BCUT2D eigenvalue weighted by Gasteiger charge is -2.31. The molecule has 2 amide bonds. The van der Waals surface area contributed by atoms with E-state index in [1.165, 1.54) is 7.11 Å². The maximum absolute atomic E-state index is 12.6. The maximum atomic E-state index is 12.6. The van der Waals surface area contributed by atoms with Gasteiger partial charge in [-0.3, -0.25) is 9.59 Å². The summed E-state index contributed by atoms with van der Waals surface area (Å²) in [5, 5.41) is 5.76. The minimum atomic E-state index is -0.422. The Morgan fingerprint density at radius 1 is 1.19 bits per heavy atom. The molecule has 0 spiro atoms. The summed E-state index contributed by atoms with van der Waals surface area (Å²) in [4.78, 5) is 24.3. The highest BCUT2D eigenvalue weighted by Gasteiger charge is 2.27. The van der Waals surface area contributed by atoms with E-state index < -0.39 is 5.54 Å². The van der Waals surface area contributed by atoms with Gasteiger partial charge in [0.25, 0.3) is 11.8 Å². The topological polar surface area (TPSA) is 103 Å². The van der Waals surface area contributed by atoms with E-state index in [-0.39, 0.29) is 24.5 Å². The van der Waals surface area contributed by atoms with Gasteiger partial charge in [-0.05, 0) is 44.9 Å². The minimum absolute atomic E-state index is 0.0408. The third kappa shape index (κ3) is 5.91. The molecule has 0 saturated carbocycles. The summed E-state index contributed by atoms with van der Waals surface area (Å²) in [6.45, 7) is 7.99. The van der Waals surface area contributed by atoms with E-state index in [1.807, 2.05) is 27.7 Å². The van der Waals surface area contributed by atoms with Crippen LogP contribution in [0.5, 0.6) is 11.5 Å². The van der Waals surface area contributed by atoms with Crippen LogP contribution in [0.4, 0.5) is 0 Å². The van der Waals surface area contributed by atoms with Crippen molar-refractivity contribution in [3.05, 3.63) is 23.8 Å². The quantitative estimate of drug-likeness (QED) is 0.587. The number of carbonyl (C=O) groups is 2. The lowest BCUT2D eigenvalue weighted by atomic mass is 9.92. The van der Waals surface area contributed by atoms with Crippen molar-refractivity contribution in [3.63, 3.8) is 0 Å². The molecule has 0 atom stereocenters. The molecule has 7 nitrogen and oxygen atoms in total. The Hall–Kier alpha value is -2.28. The van der Waals surface area contributed by atoms with Gasteiger partial charge in [-0.15, -0.1) is 0 Å². The Morgan fingerprint density at radius 2 is 1.85 bits per heavy atom. The average Bonchev–Trinajstić information content (AvgIpc) is 2.63. The smallest absolute Gasteiger partial charge is 0.258 e. The van der Waals surface area contributed by atoms with E-state index in [1.54, 1.807) is 18.2 Å². The standard InChI is InChI=1S/C19H31N3O4/c1-6-19(7-2,12-20)22-18(24)14-8-9-15(16(10-14)25-5)26-11-17(23)21-13(3)4/h8-10,13H,6-7,11-12,20H2,1-5H3,(H,21,23)(H,22,24). The van der Waals surface area contributed by atoms with Crippen molar-refractivity contribution < 1.29 is 19.1 Å². The van der Waals surface area contributed by atoms with E-state index in [4.69, 9.17) is 15.2 Å². The second-order valence-electron chi connectivity index (χ2n) is 6.52. The number of ether oxygens (including phenoxy) is 2. The molecule has 0 bridgehead atoms. The van der Waals surface area contributed by atoms with Crippen LogP contribution in [0.2, 0.25) is 0 Å². The molecule has 1 aromatic rings. The van der Waals surface area contributed by atoms with E-state index in [0.717, 1.165) is 12.8 Å². The molecule has 0 aliphatic rings. The summed E-state index contributed by atoms with van der Waals surface area (Å²) in [6, 6.07) is 4.90. The summed E-state index contributed by atoms with van der Waals surface area (Å²) >= 11 is 0. The molecule has 0 unspecified atom stereocenters. The fraction of sp³-hybridized carbons (Fsp3) is 0.579. The van der Waals surface area contributed by atoms with Gasteiger partial charge in [0.15, 0.2) is 18.1 Å². The second kappa shape index (κ2) is 10.0. The van der Waals surface area contributed by atoms with Crippen LogP contribution in [0.1, 0.15) is 50.9 Å². The van der Waals surface area contributed by atoms with Crippen LogP contribution in [0.15, 0.2) is 18.2 Å². The minimum Gasteiger partial charge on any atom is -0.493 e. The number of amides is 2. The highest BCUT2D eigenvalue weighted by atomic mass is 16.5. The van der Waals surface area contributed by atoms with Crippen molar-refractivity contribution in [1.82, 2.24) is 10.6 Å². The van der Waals surface area contributed by atoms with Gasteiger partial charge in [0.1, 0.15) is 0 Å². The summed E-state index contributed by atoms with van der Waals surface area (Å²) in [5.74, 6) is 0.351. The predicted molar refractivity (Wildman–Crippen MR) is 102 cm³/mol. The van der Waals surface area contributed by atoms with Gasteiger partial charge >= 0.3 is 0 Å². The molecule has 0 saturated heterocycles. The molecule has 4 N–H and O–H groups in total. The third-order valence-electron chi connectivity index (χ3n) is 4.36. The van der Waals surface area contributed by atoms with E-state index in [0.29, 0.717) is 23.6 Å². The fourth-order valence-electron chi connectivity index (χ4n) is 2.51. The SMILES string of the molecule is CCC(CC)(CN)NC(=O)c1ccc(OCC(=O)NC(C)C)c(OC)c1. The van der Waals surface area contributed by atoms with Crippen LogP contribution < -0.4 is 25.8 Å². The van der Waals surface area contributed by atoms with Crippen molar-refractivity contribution in [2.45, 2.75) is 52.1 Å². The van der Waals surface area contributed by atoms with Crippen LogP contribution in [0, 0.1) is 0 Å². The number of nitrogens with one attached hydrogen (secondary N) is 2. The summed E-state index contributed by atoms with van der Waals surface area (Å²) in [6.07, 6.45) is 1.49. The lowest BCUT2D eigenvalue weighted by molar-refractivity contribution is -0.123. The molecule has 0 aromatic heterocycles. The van der Waals surface area contributed by atoms with Crippen LogP contribution in [-0.2, 0) is 4.79 Å². The van der Waals surface area contributed by atoms with Gasteiger partial charge in [-0.1, -0.05) is 13.8 Å². The molecule has 146 valence electrons. The van der Waals surface area contributed by atoms with Gasteiger partial charge < -0.3 is 25.8 Å². The number of benzene rings is 1. The third-order valence-corrected chi connectivity index (χ3v) is 4.36. The maximum Gasteiger partial charge on any atom is 0.258 e. The van der Waals surface area contributed by atoms with Gasteiger partial charge in [-0.2, -0.15) is 0 Å². The fourth-order valence-corrected chi connectivity index (χ4v) is 2.51. The average molecular weight is 365 g/mol. The first kappa shape index (κ1) is 21.8. The lowest BCUT2D eigenvalue weighted by Crippen LogP contribution is -2.52. The van der Waals surface area contributed by atoms with Crippen molar-refractivity contribution >= 4 is 11.8 Å². The number of hydrogen-bond acceptors (Lipinski definition) is 5. The van der Waals surface area contributed by atoms with Gasteiger partial charge in [0, 0.05) is 18.2 Å². The van der Waals surface area contributed by atoms with E-state index in [9.17, 15) is 9.59 Å². The Morgan fingerprint density at radius 3 is 2.35 bits per heavy atom. The number of hydrogen-bond donors (Lipinski definition) is 3. The van der Waals surface area contributed by atoms with Crippen molar-refractivity contribution in [2.24, 2.45) is 5.73 Å². The summed E-state index contributed by atoms with van der Waals surface area (Å²) < 4.78 is 10.8. The number of rotatable bonds is 10. The van der Waals surface area contributed by atoms with Gasteiger partial charge in [0.2, 0.25) is 0 Å². The van der Waals surface area contributed by atoms with Gasteiger partial charge in [0.05, 0.1) is 12.6 Å². The van der Waals surface area contributed by atoms with Crippen LogP contribution in [0.25, 0.3) is 0 Å². The summed E-state index contributed by atoms with van der Waals surface area (Å²) in [7, 11) is 1.49. The Bertz CT molecular complexity index is 605. The first-order valence-corrected chi connectivity index (χ1v) is 8.93. The molecule has 0 aliphatic heterocycles. The zero-order valence-electron chi connectivity index (χ0n) is 16.3. The number of methoxy groups -OCH3 is 1. The molecule has 1 rings (SSSR count). The predicted octanol–water partition coefficient (Wildman–Crippen LogP) is 1.85. The van der Waals surface area contributed by atoms with Crippen molar-refractivity contribution in [1.29, 1.82) is 0 Å². The monoisotopic (exact) mass is 365 g/mol. The molecule has 0 aliphatic carbocycles. The first-order valence-electron chi connectivity index (χ1n) is 8.93. The molecule has 0 fully saturated rings. The molecule has 7 heteroatoms. The largest absolute Gasteiger partial charge is 0.493 e. The zero-order valence-corrected chi connectivity index (χ0v) is 16.3. The van der Waals surface area contributed by atoms with Crippen LogP contribution in [-0.4, -0.2) is 43.7 Å². The highest BCUT2D eigenvalue weighted by Crippen LogP contribution is 2.28. The van der Waals surface area contributed by atoms with Gasteiger partial charge in [-0.25, -0.2) is 0 Å². The molecule has 0 heterocycles. The first-order chi connectivity index (χ1) is 12.3. The normalized spacial score (nSPS) is 11.2. The Labute approximate surface area is 155 Å². The molecule has 26 heavy (non-hydrogen) atoms. The molecular weight excluding hydrogens is 334 g/mol. The molecular formula is C19H31N3O4. The highest BCUT2D eigenvalue weighted by molar-refractivity contribution is 5.95. The van der Waals surface area contributed by atoms with Crippen molar-refractivity contribution in [3.8, 4) is 11.5 Å². The van der Waals surface area contributed by atoms with Crippen LogP contribution in [0.3, 0.4) is 0 Å². The number of nitrogens with two attached hydrogens (primary N) is 1. The summed E-state index contributed by atoms with van der Waals surface area (Å²) in [5.41, 5.74) is 5.86. The molecule has 0 radical (unpaired) electrons. The Balaban J connectivity index is 2.87. The van der Waals surface area contributed by atoms with Crippen LogP contribution >= 0.6 is 0 Å². The number of carbonyl (C=O) groups excluding carboxylic acids is 2. The Kier molecular flexibility index (Phi) is 8.38. The van der Waals surface area contributed by atoms with E-state index in [2.05, 4.69) is 10.6 Å². The zero-order chi connectivity index (χ0) is 19.7. The second-order valence-corrected chi connectivity index (χ2v) is 6.52. The van der Waals surface area contributed by atoms with Crippen molar-refractivity contribution in [2.75, 3.05) is 20.3 Å². The van der Waals surface area contributed by atoms with E-state index >= 15 is 0 Å². The molecule has 1 aromatic carbocycles.